The second-order valence-corrected chi connectivity index (χ2v) is 7.56. The molecule has 0 atom stereocenters. The van der Waals surface area contributed by atoms with Crippen molar-refractivity contribution in [2.75, 3.05) is 18.0 Å². The standard InChI is InChI=1S/C14H14F4N4O2S/c15-10-1-2-12(13(7-10)25(23,24)14(16,17)18)21-5-3-11(4-6-21)22-9-19-8-20-22/h1-2,7-9,11H,3-6H2. The number of halogens is 4. The van der Waals surface area contributed by atoms with Gasteiger partial charge in [0.25, 0.3) is 9.84 Å². The summed E-state index contributed by atoms with van der Waals surface area (Å²) in [5, 5.41) is 4.03. The first-order chi connectivity index (χ1) is 11.7. The van der Waals surface area contributed by atoms with Crippen LogP contribution in [0.15, 0.2) is 35.7 Å². The molecule has 1 aliphatic rings. The van der Waals surface area contributed by atoms with Crippen LogP contribution < -0.4 is 4.90 Å². The van der Waals surface area contributed by atoms with Gasteiger partial charge in [0.1, 0.15) is 23.4 Å². The van der Waals surface area contributed by atoms with Gasteiger partial charge in [0.05, 0.1) is 11.7 Å². The molecule has 0 bridgehead atoms. The Bertz CT molecular complexity index is 844. The molecule has 1 aromatic heterocycles. The SMILES string of the molecule is O=S(=O)(c1cc(F)ccc1N1CCC(n2cncn2)CC1)C(F)(F)F. The topological polar surface area (TPSA) is 68.1 Å². The molecule has 1 saturated heterocycles. The number of benzene rings is 1. The number of hydrogen-bond acceptors (Lipinski definition) is 5. The molecule has 0 spiro atoms. The summed E-state index contributed by atoms with van der Waals surface area (Å²) in [7, 11) is -5.64. The van der Waals surface area contributed by atoms with Crippen LogP contribution in [0.25, 0.3) is 0 Å². The maximum absolute atomic E-state index is 13.4. The Balaban J connectivity index is 1.89. The summed E-state index contributed by atoms with van der Waals surface area (Å²) in [6.07, 6.45) is 4.04. The number of nitrogens with zero attached hydrogens (tertiary/aromatic N) is 4. The Morgan fingerprint density at radius 1 is 1.16 bits per heavy atom. The molecule has 0 saturated carbocycles. The van der Waals surface area contributed by atoms with Gasteiger partial charge in [0.2, 0.25) is 0 Å². The van der Waals surface area contributed by atoms with Crippen LogP contribution in [0.5, 0.6) is 0 Å². The van der Waals surface area contributed by atoms with E-state index >= 15 is 0 Å². The van der Waals surface area contributed by atoms with Crippen molar-refractivity contribution in [1.29, 1.82) is 0 Å². The Morgan fingerprint density at radius 3 is 2.40 bits per heavy atom. The summed E-state index contributed by atoms with van der Waals surface area (Å²) in [5.74, 6) is -1.04. The van der Waals surface area contributed by atoms with Gasteiger partial charge in [-0.05, 0) is 31.0 Å². The van der Waals surface area contributed by atoms with Crippen molar-refractivity contribution >= 4 is 15.5 Å². The summed E-state index contributed by atoms with van der Waals surface area (Å²) in [6, 6.07) is 2.47. The van der Waals surface area contributed by atoms with E-state index in [1.165, 1.54) is 11.2 Å². The van der Waals surface area contributed by atoms with Crippen molar-refractivity contribution in [3.63, 3.8) is 0 Å². The molecule has 136 valence electrons. The molecule has 0 aliphatic carbocycles. The molecule has 0 amide bonds. The molecule has 2 aromatic rings. The van der Waals surface area contributed by atoms with E-state index in [9.17, 15) is 26.0 Å². The second-order valence-electron chi connectivity index (χ2n) is 5.65. The van der Waals surface area contributed by atoms with Crippen molar-refractivity contribution in [2.24, 2.45) is 0 Å². The molecule has 3 rings (SSSR count). The smallest absolute Gasteiger partial charge is 0.370 e. The fourth-order valence-electron chi connectivity index (χ4n) is 2.87. The lowest BCUT2D eigenvalue weighted by Gasteiger charge is -2.34. The highest BCUT2D eigenvalue weighted by molar-refractivity contribution is 7.92. The predicted octanol–water partition coefficient (Wildman–Crippen LogP) is 2.55. The zero-order valence-electron chi connectivity index (χ0n) is 12.8. The third-order valence-corrected chi connectivity index (χ3v) is 5.65. The molecule has 1 aromatic carbocycles. The number of alkyl halides is 3. The fraction of sp³-hybridized carbons (Fsp3) is 0.429. The number of sulfone groups is 1. The van der Waals surface area contributed by atoms with Gasteiger partial charge in [0, 0.05) is 13.1 Å². The fourth-order valence-corrected chi connectivity index (χ4v) is 3.86. The zero-order valence-corrected chi connectivity index (χ0v) is 13.6. The van der Waals surface area contributed by atoms with Crippen LogP contribution in [0.2, 0.25) is 0 Å². The molecule has 0 N–H and O–H groups in total. The van der Waals surface area contributed by atoms with Gasteiger partial charge in [-0.1, -0.05) is 0 Å². The first kappa shape index (κ1) is 17.6. The molecule has 0 radical (unpaired) electrons. The minimum Gasteiger partial charge on any atom is -0.370 e. The Hall–Kier alpha value is -2.17. The van der Waals surface area contributed by atoms with Crippen molar-refractivity contribution in [3.05, 3.63) is 36.7 Å². The van der Waals surface area contributed by atoms with Gasteiger partial charge in [0.15, 0.2) is 0 Å². The highest BCUT2D eigenvalue weighted by Crippen LogP contribution is 2.37. The van der Waals surface area contributed by atoms with E-state index in [1.807, 2.05) is 0 Å². The van der Waals surface area contributed by atoms with Crippen LogP contribution in [0.3, 0.4) is 0 Å². The number of aromatic nitrogens is 3. The van der Waals surface area contributed by atoms with E-state index in [4.69, 9.17) is 0 Å². The quantitative estimate of drug-likeness (QED) is 0.768. The first-order valence-corrected chi connectivity index (χ1v) is 8.88. The van der Waals surface area contributed by atoms with Crippen molar-refractivity contribution in [2.45, 2.75) is 29.3 Å². The second kappa shape index (κ2) is 6.28. The lowest BCUT2D eigenvalue weighted by Crippen LogP contribution is -2.36. The number of rotatable bonds is 3. The molecule has 25 heavy (non-hydrogen) atoms. The highest BCUT2D eigenvalue weighted by Gasteiger charge is 2.48. The minimum absolute atomic E-state index is 0.0295. The number of hydrogen-bond donors (Lipinski definition) is 0. The van der Waals surface area contributed by atoms with Crippen LogP contribution in [0.1, 0.15) is 18.9 Å². The average molecular weight is 378 g/mol. The van der Waals surface area contributed by atoms with Crippen molar-refractivity contribution < 1.29 is 26.0 Å². The van der Waals surface area contributed by atoms with Gasteiger partial charge < -0.3 is 4.90 Å². The maximum atomic E-state index is 13.4. The van der Waals surface area contributed by atoms with E-state index < -0.39 is 26.1 Å². The lowest BCUT2D eigenvalue weighted by molar-refractivity contribution is -0.0435. The minimum atomic E-state index is -5.64. The number of piperidine rings is 1. The molecule has 1 fully saturated rings. The summed E-state index contributed by atoms with van der Waals surface area (Å²) in [4.78, 5) is 4.31. The normalized spacial score (nSPS) is 17.0. The molecule has 6 nitrogen and oxygen atoms in total. The van der Waals surface area contributed by atoms with Crippen LogP contribution in [0, 0.1) is 5.82 Å². The first-order valence-electron chi connectivity index (χ1n) is 7.40. The van der Waals surface area contributed by atoms with Gasteiger partial charge >= 0.3 is 5.51 Å². The molecule has 2 heterocycles. The van der Waals surface area contributed by atoms with Gasteiger partial charge in [-0.2, -0.15) is 18.3 Å². The van der Waals surface area contributed by atoms with Gasteiger partial charge in [-0.25, -0.2) is 22.5 Å². The number of anilines is 1. The zero-order chi connectivity index (χ0) is 18.2. The molecular weight excluding hydrogens is 364 g/mol. The Kier molecular flexibility index (Phi) is 4.43. The van der Waals surface area contributed by atoms with Crippen LogP contribution in [-0.4, -0.2) is 41.8 Å². The van der Waals surface area contributed by atoms with Crippen LogP contribution >= 0.6 is 0 Å². The molecule has 1 aliphatic heterocycles. The monoisotopic (exact) mass is 378 g/mol. The molecule has 11 heteroatoms. The van der Waals surface area contributed by atoms with E-state index in [1.54, 1.807) is 11.0 Å². The highest BCUT2D eigenvalue weighted by atomic mass is 32.2. The largest absolute Gasteiger partial charge is 0.501 e. The van der Waals surface area contributed by atoms with E-state index in [-0.39, 0.29) is 11.7 Å². The summed E-state index contributed by atoms with van der Waals surface area (Å²) < 4.78 is 77.3. The Labute approximate surface area is 141 Å². The van der Waals surface area contributed by atoms with Gasteiger partial charge in [-0.3, -0.25) is 0 Å². The van der Waals surface area contributed by atoms with Gasteiger partial charge in [-0.15, -0.1) is 0 Å². The maximum Gasteiger partial charge on any atom is 0.501 e. The van der Waals surface area contributed by atoms with Crippen molar-refractivity contribution in [3.8, 4) is 0 Å². The average Bonchev–Trinajstić information content (AvgIpc) is 3.08. The van der Waals surface area contributed by atoms with Crippen LogP contribution in [0.4, 0.5) is 23.2 Å². The summed E-state index contributed by atoms with van der Waals surface area (Å²) >= 11 is 0. The predicted molar refractivity (Wildman–Crippen MR) is 80.1 cm³/mol. The Morgan fingerprint density at radius 2 is 1.84 bits per heavy atom. The summed E-state index contributed by atoms with van der Waals surface area (Å²) in [6.45, 7) is 0.632. The molecule has 0 unspecified atom stereocenters. The third-order valence-electron chi connectivity index (χ3n) is 4.13. The van der Waals surface area contributed by atoms with E-state index in [0.29, 0.717) is 32.0 Å². The summed E-state index contributed by atoms with van der Waals surface area (Å²) in [5.41, 5.74) is -5.63. The lowest BCUT2D eigenvalue weighted by atomic mass is 10.0. The van der Waals surface area contributed by atoms with Crippen LogP contribution in [-0.2, 0) is 9.84 Å². The van der Waals surface area contributed by atoms with E-state index in [2.05, 4.69) is 10.1 Å². The van der Waals surface area contributed by atoms with Crippen molar-refractivity contribution in [1.82, 2.24) is 14.8 Å². The third kappa shape index (κ3) is 3.32. The molecular formula is C14H14F4N4O2S. The van der Waals surface area contributed by atoms with E-state index in [0.717, 1.165) is 12.1 Å².